The number of pyridine rings is 1. The van der Waals surface area contributed by atoms with Gasteiger partial charge in [0, 0.05) is 18.2 Å². The third-order valence-corrected chi connectivity index (χ3v) is 4.25. The van der Waals surface area contributed by atoms with E-state index in [1.54, 1.807) is 23.8 Å². The fraction of sp³-hybridized carbons (Fsp3) is 0.389. The molecular weight excluding hydrogens is 372 g/mol. The fourth-order valence-electron chi connectivity index (χ4n) is 2.44. The van der Waals surface area contributed by atoms with Crippen molar-refractivity contribution in [3.63, 3.8) is 0 Å². The van der Waals surface area contributed by atoms with E-state index in [1.807, 2.05) is 6.92 Å². The highest BCUT2D eigenvalue weighted by atomic mass is 35.5. The molecule has 0 radical (unpaired) electrons. The summed E-state index contributed by atoms with van der Waals surface area (Å²) in [5, 5.41) is 15.9. The van der Waals surface area contributed by atoms with Gasteiger partial charge in [-0.2, -0.15) is 5.10 Å². The second kappa shape index (κ2) is 9.27. The zero-order valence-corrected chi connectivity index (χ0v) is 16.2. The molecule has 0 amide bonds. The van der Waals surface area contributed by atoms with Crippen LogP contribution in [0.15, 0.2) is 12.3 Å². The van der Waals surface area contributed by atoms with E-state index in [1.165, 1.54) is 0 Å². The van der Waals surface area contributed by atoms with Crippen molar-refractivity contribution in [3.8, 4) is 0 Å². The molecular formula is C18H21ClN4O4. The van der Waals surface area contributed by atoms with Gasteiger partial charge >= 0.3 is 5.97 Å². The summed E-state index contributed by atoms with van der Waals surface area (Å²) in [5.74, 6) is -0.671. The number of nitro groups is 1. The second-order valence-corrected chi connectivity index (χ2v) is 6.16. The van der Waals surface area contributed by atoms with Gasteiger partial charge in [-0.25, -0.2) is 9.78 Å². The number of hydrogen-bond acceptors (Lipinski definition) is 6. The normalized spacial score (nSPS) is 11.1. The van der Waals surface area contributed by atoms with Crippen molar-refractivity contribution in [1.82, 2.24) is 14.8 Å². The number of ether oxygens (including phenoxy) is 1. The molecule has 144 valence electrons. The predicted octanol–water partition coefficient (Wildman–Crippen LogP) is 4.30. The zero-order valence-electron chi connectivity index (χ0n) is 15.4. The van der Waals surface area contributed by atoms with Gasteiger partial charge < -0.3 is 4.74 Å². The van der Waals surface area contributed by atoms with Crippen LogP contribution in [0, 0.1) is 17.0 Å². The smallest absolute Gasteiger partial charge is 0.340 e. The van der Waals surface area contributed by atoms with Crippen molar-refractivity contribution in [2.45, 2.75) is 40.2 Å². The highest BCUT2D eigenvalue weighted by molar-refractivity contribution is 6.31. The summed E-state index contributed by atoms with van der Waals surface area (Å²) in [7, 11) is 0. The minimum Gasteiger partial charge on any atom is -0.462 e. The van der Waals surface area contributed by atoms with Gasteiger partial charge in [0.1, 0.15) is 11.3 Å². The maximum Gasteiger partial charge on any atom is 0.340 e. The molecule has 0 N–H and O–H groups in total. The number of hydrogen-bond donors (Lipinski definition) is 0. The molecule has 2 rings (SSSR count). The molecule has 0 atom stereocenters. The van der Waals surface area contributed by atoms with Crippen LogP contribution in [0.4, 0.5) is 5.69 Å². The van der Waals surface area contributed by atoms with Gasteiger partial charge in [-0.05, 0) is 32.4 Å². The van der Waals surface area contributed by atoms with E-state index in [4.69, 9.17) is 16.3 Å². The number of aromatic nitrogens is 3. The molecule has 2 aromatic heterocycles. The van der Waals surface area contributed by atoms with Crippen LogP contribution in [0.5, 0.6) is 0 Å². The maximum absolute atomic E-state index is 12.1. The van der Waals surface area contributed by atoms with Crippen LogP contribution >= 0.6 is 11.6 Å². The Balaban J connectivity index is 2.40. The molecule has 8 nitrogen and oxygen atoms in total. The Morgan fingerprint density at radius 1 is 1.41 bits per heavy atom. The van der Waals surface area contributed by atoms with Gasteiger partial charge in [0.05, 0.1) is 28.5 Å². The number of aryl methyl sites for hydroxylation is 2. The van der Waals surface area contributed by atoms with Gasteiger partial charge in [0.2, 0.25) is 0 Å². The number of nitrogens with zero attached hydrogens (tertiary/aromatic N) is 4. The Hall–Kier alpha value is -2.74. The van der Waals surface area contributed by atoms with Gasteiger partial charge in [-0.15, -0.1) is 0 Å². The lowest BCUT2D eigenvalue weighted by Gasteiger charge is -2.05. The van der Waals surface area contributed by atoms with Crippen LogP contribution in [0.1, 0.15) is 54.0 Å². The van der Waals surface area contributed by atoms with Crippen LogP contribution in [0.2, 0.25) is 5.15 Å². The number of carbonyl (C=O) groups excluding carboxylic acids is 1. The first kappa shape index (κ1) is 20.6. The Labute approximate surface area is 162 Å². The zero-order chi connectivity index (χ0) is 20.0. The van der Waals surface area contributed by atoms with E-state index in [0.29, 0.717) is 17.3 Å². The molecule has 0 fully saturated rings. The summed E-state index contributed by atoms with van der Waals surface area (Å²) < 4.78 is 6.71. The molecule has 0 saturated carbocycles. The summed E-state index contributed by atoms with van der Waals surface area (Å²) in [6.45, 7) is 6.45. The van der Waals surface area contributed by atoms with Crippen molar-refractivity contribution in [3.05, 3.63) is 50.0 Å². The molecule has 27 heavy (non-hydrogen) atoms. The Morgan fingerprint density at radius 2 is 2.15 bits per heavy atom. The molecule has 0 aromatic carbocycles. The maximum atomic E-state index is 12.1. The van der Waals surface area contributed by atoms with Crippen molar-refractivity contribution in [2.24, 2.45) is 0 Å². The summed E-state index contributed by atoms with van der Waals surface area (Å²) in [6.07, 6.45) is 6.36. The van der Waals surface area contributed by atoms with Crippen molar-refractivity contribution >= 4 is 35.4 Å². The van der Waals surface area contributed by atoms with Crippen LogP contribution in [0.25, 0.3) is 12.2 Å². The first-order valence-electron chi connectivity index (χ1n) is 8.61. The molecule has 0 aliphatic heterocycles. The van der Waals surface area contributed by atoms with Gasteiger partial charge in [-0.3, -0.25) is 14.8 Å². The molecule has 0 bridgehead atoms. The highest BCUT2D eigenvalue weighted by Crippen LogP contribution is 2.24. The van der Waals surface area contributed by atoms with Crippen LogP contribution in [-0.2, 0) is 11.3 Å². The largest absolute Gasteiger partial charge is 0.462 e. The van der Waals surface area contributed by atoms with E-state index >= 15 is 0 Å². The standard InChI is InChI=1S/C18H21ClN4O4/c1-4-6-9-22-17(19)14(12(3)21-22)7-8-16-15(18(24)27-5-2)10-13(11-20-16)23(25)26/h7-8,10-11H,4-6,9H2,1-3H3. The summed E-state index contributed by atoms with van der Waals surface area (Å²) in [6, 6.07) is 1.16. The van der Waals surface area contributed by atoms with Crippen molar-refractivity contribution < 1.29 is 14.5 Å². The summed E-state index contributed by atoms with van der Waals surface area (Å²) in [4.78, 5) is 26.5. The number of unbranched alkanes of at least 4 members (excludes halogenated alkanes) is 1. The van der Waals surface area contributed by atoms with Crippen molar-refractivity contribution in [1.29, 1.82) is 0 Å². The van der Waals surface area contributed by atoms with Gasteiger partial charge in [0.25, 0.3) is 5.69 Å². The van der Waals surface area contributed by atoms with Gasteiger partial charge in [0.15, 0.2) is 0 Å². The van der Waals surface area contributed by atoms with Crippen LogP contribution in [-0.4, -0.2) is 32.3 Å². The van der Waals surface area contributed by atoms with E-state index in [-0.39, 0.29) is 23.6 Å². The lowest BCUT2D eigenvalue weighted by atomic mass is 10.1. The van der Waals surface area contributed by atoms with E-state index in [9.17, 15) is 14.9 Å². The topological polar surface area (TPSA) is 100 Å². The molecule has 0 unspecified atom stereocenters. The summed E-state index contributed by atoms with van der Waals surface area (Å²) >= 11 is 6.40. The second-order valence-electron chi connectivity index (χ2n) is 5.80. The third-order valence-electron chi connectivity index (χ3n) is 3.85. The highest BCUT2D eigenvalue weighted by Gasteiger charge is 2.18. The van der Waals surface area contributed by atoms with Crippen LogP contribution < -0.4 is 0 Å². The Morgan fingerprint density at radius 3 is 2.78 bits per heavy atom. The molecule has 9 heteroatoms. The summed E-state index contributed by atoms with van der Waals surface area (Å²) in [5.41, 5.74) is 1.46. The molecule has 2 aromatic rings. The molecule has 2 heterocycles. The van der Waals surface area contributed by atoms with E-state index in [2.05, 4.69) is 17.0 Å². The fourth-order valence-corrected chi connectivity index (χ4v) is 2.77. The predicted molar refractivity (Wildman–Crippen MR) is 103 cm³/mol. The Kier molecular flexibility index (Phi) is 7.06. The first-order valence-corrected chi connectivity index (χ1v) is 8.99. The SMILES string of the molecule is CCCCn1nc(C)c(C=Cc2ncc([N+](=O)[O-])cc2C(=O)OCC)c1Cl. The van der Waals surface area contributed by atoms with E-state index in [0.717, 1.165) is 30.8 Å². The number of carbonyl (C=O) groups is 1. The average Bonchev–Trinajstić information content (AvgIpc) is 2.91. The van der Waals surface area contributed by atoms with Gasteiger partial charge in [-0.1, -0.05) is 24.9 Å². The number of halogens is 1. The third kappa shape index (κ3) is 4.91. The number of esters is 1. The lowest BCUT2D eigenvalue weighted by Crippen LogP contribution is -2.08. The minimum absolute atomic E-state index is 0.0226. The first-order chi connectivity index (χ1) is 12.9. The number of rotatable bonds is 8. The lowest BCUT2D eigenvalue weighted by molar-refractivity contribution is -0.385. The average molecular weight is 393 g/mol. The van der Waals surface area contributed by atoms with Crippen LogP contribution in [0.3, 0.4) is 0 Å². The molecule has 0 spiro atoms. The molecule has 0 aliphatic rings. The van der Waals surface area contributed by atoms with Crippen molar-refractivity contribution in [2.75, 3.05) is 6.61 Å². The monoisotopic (exact) mass is 392 g/mol. The Bertz CT molecular complexity index is 876. The van der Waals surface area contributed by atoms with E-state index < -0.39 is 10.9 Å². The quantitative estimate of drug-likeness (QED) is 0.377. The minimum atomic E-state index is -0.671. The molecule has 0 aliphatic carbocycles. The molecule has 0 saturated heterocycles.